The summed E-state index contributed by atoms with van der Waals surface area (Å²) in [5.41, 5.74) is 8.43. The maximum absolute atomic E-state index is 5.10. The summed E-state index contributed by atoms with van der Waals surface area (Å²) in [4.78, 5) is 11.9. The first-order chi connectivity index (χ1) is 18.7. The highest BCUT2D eigenvalue weighted by atomic mass is 15.3. The van der Waals surface area contributed by atoms with E-state index in [0.717, 1.165) is 60.7 Å². The molecular formula is C31H33BN6. The largest absolute Gasteiger partial charge is 0.366 e. The molecule has 5 aromatic rings. The van der Waals surface area contributed by atoms with Crippen LogP contribution in [-0.4, -0.2) is 45.4 Å². The first-order valence-electron chi connectivity index (χ1n) is 13.5. The lowest BCUT2D eigenvalue weighted by Gasteiger charge is -2.32. The SMILES string of the molecule is Bc1cnn2c(NCc3cccnc3)cc(C3CCCN(Cc4cccc(Cc5ccccc5)c4)C3)nc12. The van der Waals surface area contributed by atoms with Crippen molar-refractivity contribution in [2.45, 2.75) is 38.3 Å². The summed E-state index contributed by atoms with van der Waals surface area (Å²) in [6, 6.07) is 26.0. The predicted octanol–water partition coefficient (Wildman–Crippen LogP) is 3.97. The fourth-order valence-electron chi connectivity index (χ4n) is 5.49. The Bertz CT molecular complexity index is 1500. The monoisotopic (exact) mass is 500 g/mol. The molecule has 1 unspecified atom stereocenters. The minimum Gasteiger partial charge on any atom is -0.366 e. The van der Waals surface area contributed by atoms with Crippen LogP contribution in [0.25, 0.3) is 5.65 Å². The Labute approximate surface area is 225 Å². The van der Waals surface area contributed by atoms with Crippen LogP contribution in [0, 0.1) is 0 Å². The molecule has 4 heterocycles. The Balaban J connectivity index is 1.18. The van der Waals surface area contributed by atoms with E-state index >= 15 is 0 Å². The quantitative estimate of drug-likeness (QED) is 0.327. The van der Waals surface area contributed by atoms with Crippen molar-refractivity contribution >= 4 is 24.8 Å². The Morgan fingerprint density at radius 2 is 1.74 bits per heavy atom. The molecule has 0 saturated carbocycles. The highest BCUT2D eigenvalue weighted by molar-refractivity contribution is 6.36. The molecule has 1 aliphatic heterocycles. The van der Waals surface area contributed by atoms with Crippen LogP contribution in [0.2, 0.25) is 0 Å². The zero-order chi connectivity index (χ0) is 25.7. The maximum atomic E-state index is 5.10. The molecule has 6 rings (SSSR count). The van der Waals surface area contributed by atoms with Gasteiger partial charge in [-0.2, -0.15) is 9.61 Å². The smallest absolute Gasteiger partial charge is 0.151 e. The van der Waals surface area contributed by atoms with E-state index in [-0.39, 0.29) is 0 Å². The molecule has 0 aliphatic carbocycles. The molecule has 1 saturated heterocycles. The van der Waals surface area contributed by atoms with E-state index in [4.69, 9.17) is 4.98 Å². The van der Waals surface area contributed by atoms with Crippen molar-refractivity contribution in [2.24, 2.45) is 0 Å². The van der Waals surface area contributed by atoms with Gasteiger partial charge in [0.1, 0.15) is 13.7 Å². The third kappa shape index (κ3) is 5.63. The fourth-order valence-corrected chi connectivity index (χ4v) is 5.49. The van der Waals surface area contributed by atoms with E-state index in [1.807, 2.05) is 23.0 Å². The number of hydrogen-bond acceptors (Lipinski definition) is 5. The number of anilines is 1. The van der Waals surface area contributed by atoms with Crippen molar-refractivity contribution in [3.63, 3.8) is 0 Å². The molecule has 0 bridgehead atoms. The number of nitrogens with one attached hydrogen (secondary N) is 1. The molecule has 1 N–H and O–H groups in total. The van der Waals surface area contributed by atoms with Gasteiger partial charge in [-0.3, -0.25) is 9.88 Å². The maximum Gasteiger partial charge on any atom is 0.151 e. The molecule has 1 aliphatic rings. The highest BCUT2D eigenvalue weighted by Gasteiger charge is 2.24. The summed E-state index contributed by atoms with van der Waals surface area (Å²) in [6.07, 6.45) is 8.91. The van der Waals surface area contributed by atoms with Crippen molar-refractivity contribution in [2.75, 3.05) is 18.4 Å². The second-order valence-electron chi connectivity index (χ2n) is 10.4. The number of rotatable bonds is 8. The molecule has 6 nitrogen and oxygen atoms in total. The molecule has 2 aromatic carbocycles. The highest BCUT2D eigenvalue weighted by Crippen LogP contribution is 2.29. The molecule has 1 fully saturated rings. The Morgan fingerprint density at radius 1 is 0.895 bits per heavy atom. The van der Waals surface area contributed by atoms with Crippen LogP contribution >= 0.6 is 0 Å². The Hall–Kier alpha value is -3.97. The number of fused-ring (bicyclic) bond motifs is 1. The van der Waals surface area contributed by atoms with Crippen LogP contribution in [0.5, 0.6) is 0 Å². The third-order valence-electron chi connectivity index (χ3n) is 7.44. The summed E-state index contributed by atoms with van der Waals surface area (Å²) in [6.45, 7) is 3.81. The van der Waals surface area contributed by atoms with Gasteiger partial charge in [-0.1, -0.05) is 60.7 Å². The number of nitrogens with zero attached hydrogens (tertiary/aromatic N) is 5. The topological polar surface area (TPSA) is 58.4 Å². The number of pyridine rings is 1. The van der Waals surface area contributed by atoms with Gasteiger partial charge in [-0.15, -0.1) is 0 Å². The van der Waals surface area contributed by atoms with Gasteiger partial charge in [-0.25, -0.2) is 4.98 Å². The summed E-state index contributed by atoms with van der Waals surface area (Å²) in [5, 5.41) is 8.17. The lowest BCUT2D eigenvalue weighted by molar-refractivity contribution is 0.198. The molecule has 3 aromatic heterocycles. The lowest BCUT2D eigenvalue weighted by Crippen LogP contribution is -2.34. The summed E-state index contributed by atoms with van der Waals surface area (Å²) >= 11 is 0. The molecule has 0 amide bonds. The number of benzene rings is 2. The predicted molar refractivity (Wildman–Crippen MR) is 156 cm³/mol. The van der Waals surface area contributed by atoms with E-state index in [1.165, 1.54) is 23.1 Å². The fraction of sp³-hybridized carbons (Fsp3) is 0.258. The van der Waals surface area contributed by atoms with Gasteiger partial charge in [0.25, 0.3) is 0 Å². The van der Waals surface area contributed by atoms with Gasteiger partial charge in [0, 0.05) is 50.2 Å². The van der Waals surface area contributed by atoms with Crippen LogP contribution in [0.3, 0.4) is 0 Å². The Morgan fingerprint density at radius 3 is 2.61 bits per heavy atom. The average Bonchev–Trinajstić information content (AvgIpc) is 3.34. The van der Waals surface area contributed by atoms with Gasteiger partial charge in [0.2, 0.25) is 0 Å². The van der Waals surface area contributed by atoms with E-state index in [0.29, 0.717) is 12.5 Å². The van der Waals surface area contributed by atoms with Crippen LogP contribution in [-0.2, 0) is 19.5 Å². The molecule has 38 heavy (non-hydrogen) atoms. The number of aromatic nitrogens is 4. The average molecular weight is 500 g/mol. The number of likely N-dealkylation sites (tertiary alicyclic amines) is 1. The van der Waals surface area contributed by atoms with Crippen molar-refractivity contribution < 1.29 is 0 Å². The van der Waals surface area contributed by atoms with Crippen molar-refractivity contribution in [3.05, 3.63) is 119 Å². The second kappa shape index (κ2) is 11.2. The minimum atomic E-state index is 0.398. The first kappa shape index (κ1) is 24.4. The van der Waals surface area contributed by atoms with Gasteiger partial charge in [0.05, 0.1) is 5.69 Å². The Kier molecular flexibility index (Phi) is 7.18. The molecule has 190 valence electrons. The first-order valence-corrected chi connectivity index (χ1v) is 13.5. The van der Waals surface area contributed by atoms with Crippen molar-refractivity contribution in [1.29, 1.82) is 0 Å². The molecule has 1 atom stereocenters. The van der Waals surface area contributed by atoms with Crippen LogP contribution in [0.4, 0.5) is 5.82 Å². The third-order valence-corrected chi connectivity index (χ3v) is 7.44. The standard InChI is InChI=1S/C31H33BN6/c32-28-20-35-38-30(34-19-26-11-5-13-33-18-26)17-29(36-31(28)38)27-12-6-14-37(22-27)21-25-10-4-9-24(16-25)15-23-7-2-1-3-8-23/h1-5,7-11,13,16-18,20,27,34H,6,12,14-15,19,21-22,32H2. The van der Waals surface area contributed by atoms with Gasteiger partial charge >= 0.3 is 0 Å². The van der Waals surface area contributed by atoms with Gasteiger partial charge in [-0.05, 0) is 59.6 Å². The van der Waals surface area contributed by atoms with Crippen molar-refractivity contribution in [1.82, 2.24) is 24.5 Å². The molecule has 0 spiro atoms. The summed E-state index contributed by atoms with van der Waals surface area (Å²) in [5.74, 6) is 1.38. The molecular weight excluding hydrogens is 467 g/mol. The minimum absolute atomic E-state index is 0.398. The van der Waals surface area contributed by atoms with Crippen LogP contribution < -0.4 is 10.8 Å². The molecule has 7 heteroatoms. The van der Waals surface area contributed by atoms with E-state index in [1.54, 1.807) is 6.20 Å². The van der Waals surface area contributed by atoms with E-state index < -0.39 is 0 Å². The number of hydrogen-bond donors (Lipinski definition) is 1. The van der Waals surface area contributed by atoms with E-state index in [9.17, 15) is 0 Å². The number of piperidine rings is 1. The van der Waals surface area contributed by atoms with E-state index in [2.05, 4.69) is 94.9 Å². The zero-order valence-corrected chi connectivity index (χ0v) is 21.9. The normalized spacial score (nSPS) is 16.1. The van der Waals surface area contributed by atoms with Crippen LogP contribution in [0.1, 0.15) is 46.7 Å². The summed E-state index contributed by atoms with van der Waals surface area (Å²) in [7, 11) is 2.08. The van der Waals surface area contributed by atoms with Gasteiger partial charge in [0.15, 0.2) is 5.65 Å². The lowest BCUT2D eigenvalue weighted by atomic mass is 9.93. The summed E-state index contributed by atoms with van der Waals surface area (Å²) < 4.78 is 1.92. The van der Waals surface area contributed by atoms with Gasteiger partial charge < -0.3 is 5.32 Å². The van der Waals surface area contributed by atoms with Crippen molar-refractivity contribution in [3.8, 4) is 0 Å². The van der Waals surface area contributed by atoms with Crippen LogP contribution in [0.15, 0.2) is 91.4 Å². The molecule has 0 radical (unpaired) electrons. The zero-order valence-electron chi connectivity index (χ0n) is 21.9. The second-order valence-corrected chi connectivity index (χ2v) is 10.4.